The first-order valence-corrected chi connectivity index (χ1v) is 8.11. The lowest BCUT2D eigenvalue weighted by atomic mass is 10.1. The van der Waals surface area contributed by atoms with E-state index in [0.29, 0.717) is 10.8 Å². The van der Waals surface area contributed by atoms with Crippen molar-refractivity contribution in [2.75, 3.05) is 7.05 Å². The zero-order valence-electron chi connectivity index (χ0n) is 13.5. The summed E-state index contributed by atoms with van der Waals surface area (Å²) in [5.74, 6) is -0.647. The smallest absolute Gasteiger partial charge is 0.275 e. The average Bonchev–Trinajstić information content (AvgIpc) is 3.09. The minimum Gasteiger partial charge on any atom is -0.354 e. The Labute approximate surface area is 139 Å². The van der Waals surface area contributed by atoms with Crippen LogP contribution in [0.1, 0.15) is 36.2 Å². The van der Waals surface area contributed by atoms with Crippen LogP contribution in [-0.2, 0) is 11.3 Å². The molecule has 1 aromatic heterocycles. The largest absolute Gasteiger partial charge is 0.354 e. The molecule has 1 aromatic carbocycles. The van der Waals surface area contributed by atoms with Crippen LogP contribution in [0.3, 0.4) is 0 Å². The van der Waals surface area contributed by atoms with E-state index >= 15 is 0 Å². The summed E-state index contributed by atoms with van der Waals surface area (Å²) in [6.07, 6.45) is 4.16. The monoisotopic (exact) mass is 328 g/mol. The van der Waals surface area contributed by atoms with Crippen molar-refractivity contribution < 1.29 is 9.59 Å². The molecule has 0 atom stereocenters. The molecule has 3 rings (SSSR count). The highest BCUT2D eigenvalue weighted by atomic mass is 16.2. The molecule has 24 heavy (non-hydrogen) atoms. The number of nitrogens with zero attached hydrogens (tertiary/aromatic N) is 2. The second kappa shape index (κ2) is 6.82. The molecule has 0 unspecified atom stereocenters. The molecule has 1 heterocycles. The van der Waals surface area contributed by atoms with Crippen LogP contribution in [0.25, 0.3) is 10.8 Å². The topological polar surface area (TPSA) is 93.1 Å². The van der Waals surface area contributed by atoms with Crippen LogP contribution >= 0.6 is 0 Å². The van der Waals surface area contributed by atoms with Gasteiger partial charge in [-0.25, -0.2) is 4.68 Å². The number of benzene rings is 1. The van der Waals surface area contributed by atoms with E-state index in [2.05, 4.69) is 15.7 Å². The predicted molar refractivity (Wildman–Crippen MR) is 89.8 cm³/mol. The Balaban J connectivity index is 1.95. The fourth-order valence-electron chi connectivity index (χ4n) is 3.11. The summed E-state index contributed by atoms with van der Waals surface area (Å²) in [7, 11) is 1.50. The molecule has 2 N–H and O–H groups in total. The lowest BCUT2D eigenvalue weighted by molar-refractivity contribution is -0.122. The number of aromatic nitrogens is 2. The van der Waals surface area contributed by atoms with E-state index in [-0.39, 0.29) is 29.7 Å². The van der Waals surface area contributed by atoms with Crippen LogP contribution in [0.15, 0.2) is 29.1 Å². The first-order chi connectivity index (χ1) is 11.6. The summed E-state index contributed by atoms with van der Waals surface area (Å²) in [4.78, 5) is 36.8. The van der Waals surface area contributed by atoms with Gasteiger partial charge < -0.3 is 10.6 Å². The molecule has 0 saturated heterocycles. The quantitative estimate of drug-likeness (QED) is 0.869. The Morgan fingerprint density at radius 1 is 1.21 bits per heavy atom. The van der Waals surface area contributed by atoms with Crippen LogP contribution < -0.4 is 16.2 Å². The lowest BCUT2D eigenvalue weighted by Crippen LogP contribution is -2.39. The Hall–Kier alpha value is -2.70. The van der Waals surface area contributed by atoms with Crippen molar-refractivity contribution in [3.63, 3.8) is 0 Å². The van der Waals surface area contributed by atoms with Crippen LogP contribution in [0.4, 0.5) is 0 Å². The van der Waals surface area contributed by atoms with E-state index in [1.807, 2.05) is 0 Å². The fraction of sp³-hybridized carbons (Fsp3) is 0.412. The Bertz CT molecular complexity index is 837. The van der Waals surface area contributed by atoms with Crippen molar-refractivity contribution in [1.82, 2.24) is 20.4 Å². The van der Waals surface area contributed by atoms with Crippen LogP contribution in [0.2, 0.25) is 0 Å². The summed E-state index contributed by atoms with van der Waals surface area (Å²) >= 11 is 0. The van der Waals surface area contributed by atoms with Crippen LogP contribution in [0, 0.1) is 0 Å². The number of hydrogen-bond donors (Lipinski definition) is 2. The van der Waals surface area contributed by atoms with E-state index in [1.54, 1.807) is 24.3 Å². The van der Waals surface area contributed by atoms with Gasteiger partial charge in [0.1, 0.15) is 6.54 Å². The molecule has 1 aliphatic rings. The van der Waals surface area contributed by atoms with Gasteiger partial charge in [-0.05, 0) is 18.9 Å². The highest BCUT2D eigenvalue weighted by Crippen LogP contribution is 2.17. The third-order valence-electron chi connectivity index (χ3n) is 4.32. The number of carbonyl (C=O) groups is 2. The first kappa shape index (κ1) is 16.2. The van der Waals surface area contributed by atoms with E-state index in [0.717, 1.165) is 30.4 Å². The fourth-order valence-corrected chi connectivity index (χ4v) is 3.11. The highest BCUT2D eigenvalue weighted by Gasteiger charge is 2.20. The maximum absolute atomic E-state index is 12.6. The molecule has 7 nitrogen and oxygen atoms in total. The normalized spacial score (nSPS) is 14.7. The average molecular weight is 328 g/mol. The molecule has 0 bridgehead atoms. The zero-order chi connectivity index (χ0) is 17.1. The Morgan fingerprint density at radius 3 is 2.54 bits per heavy atom. The molecule has 1 fully saturated rings. The standard InChI is InChI=1S/C17H20N4O3/c1-18-16(23)15-12-8-4-5-9-13(12)17(24)21(20-15)10-14(22)19-11-6-2-3-7-11/h4-5,8-9,11H,2-3,6-7,10H2,1H3,(H,18,23)(H,19,22). The number of nitrogens with one attached hydrogen (secondary N) is 2. The van der Waals surface area contributed by atoms with Crippen molar-refractivity contribution in [2.24, 2.45) is 0 Å². The minimum absolute atomic E-state index is 0.140. The number of rotatable bonds is 4. The van der Waals surface area contributed by atoms with Gasteiger partial charge in [0.2, 0.25) is 5.91 Å². The van der Waals surface area contributed by atoms with Crippen LogP contribution in [-0.4, -0.2) is 34.7 Å². The SMILES string of the molecule is CNC(=O)c1nn(CC(=O)NC2CCCC2)c(=O)c2ccccc12. The number of fused-ring (bicyclic) bond motifs is 1. The third-order valence-corrected chi connectivity index (χ3v) is 4.32. The molecule has 0 aliphatic heterocycles. The van der Waals surface area contributed by atoms with Gasteiger partial charge >= 0.3 is 0 Å². The second-order valence-corrected chi connectivity index (χ2v) is 5.99. The van der Waals surface area contributed by atoms with Crippen molar-refractivity contribution in [2.45, 2.75) is 38.3 Å². The van der Waals surface area contributed by atoms with Gasteiger partial charge in [0.15, 0.2) is 5.69 Å². The van der Waals surface area contributed by atoms with Crippen molar-refractivity contribution in [3.05, 3.63) is 40.3 Å². The van der Waals surface area contributed by atoms with E-state index < -0.39 is 5.91 Å². The number of amides is 2. The van der Waals surface area contributed by atoms with Gasteiger partial charge in [-0.3, -0.25) is 14.4 Å². The molecule has 2 amide bonds. The lowest BCUT2D eigenvalue weighted by Gasteiger charge is -2.13. The number of carbonyl (C=O) groups excluding carboxylic acids is 2. The molecule has 2 aromatic rings. The van der Waals surface area contributed by atoms with Crippen molar-refractivity contribution in [3.8, 4) is 0 Å². The second-order valence-electron chi connectivity index (χ2n) is 5.99. The van der Waals surface area contributed by atoms with E-state index in [9.17, 15) is 14.4 Å². The van der Waals surface area contributed by atoms with Crippen molar-refractivity contribution >= 4 is 22.6 Å². The van der Waals surface area contributed by atoms with Crippen molar-refractivity contribution in [1.29, 1.82) is 0 Å². The Morgan fingerprint density at radius 2 is 1.88 bits per heavy atom. The van der Waals surface area contributed by atoms with Gasteiger partial charge in [0.25, 0.3) is 11.5 Å². The maximum atomic E-state index is 12.6. The van der Waals surface area contributed by atoms with E-state index in [4.69, 9.17) is 0 Å². The summed E-state index contributed by atoms with van der Waals surface area (Å²) in [6.45, 7) is -0.190. The molecule has 7 heteroatoms. The molecule has 1 aliphatic carbocycles. The highest BCUT2D eigenvalue weighted by molar-refractivity contribution is 6.04. The molecular weight excluding hydrogens is 308 g/mol. The number of hydrogen-bond acceptors (Lipinski definition) is 4. The molecule has 0 radical (unpaired) electrons. The minimum atomic E-state index is -0.392. The molecule has 0 spiro atoms. The third kappa shape index (κ3) is 3.15. The predicted octanol–water partition coefficient (Wildman–Crippen LogP) is 0.815. The summed E-state index contributed by atoms with van der Waals surface area (Å²) < 4.78 is 1.07. The zero-order valence-corrected chi connectivity index (χ0v) is 13.5. The van der Waals surface area contributed by atoms with Crippen LogP contribution in [0.5, 0.6) is 0 Å². The molecular formula is C17H20N4O3. The van der Waals surface area contributed by atoms with Gasteiger partial charge in [0.05, 0.1) is 5.39 Å². The molecule has 126 valence electrons. The summed E-state index contributed by atoms with van der Waals surface area (Å²) in [6, 6.07) is 6.95. The Kier molecular flexibility index (Phi) is 4.59. The van der Waals surface area contributed by atoms with Gasteiger partial charge in [-0.15, -0.1) is 0 Å². The first-order valence-electron chi connectivity index (χ1n) is 8.11. The van der Waals surface area contributed by atoms with Gasteiger partial charge in [-0.2, -0.15) is 5.10 Å². The molecule has 1 saturated carbocycles. The maximum Gasteiger partial charge on any atom is 0.275 e. The summed E-state index contributed by atoms with van der Waals surface area (Å²) in [5, 5.41) is 10.4. The summed E-state index contributed by atoms with van der Waals surface area (Å²) in [5.41, 5.74) is -0.235. The van der Waals surface area contributed by atoms with Gasteiger partial charge in [-0.1, -0.05) is 31.0 Å². The van der Waals surface area contributed by atoms with Gasteiger partial charge in [0, 0.05) is 18.5 Å². The van der Waals surface area contributed by atoms with E-state index in [1.165, 1.54) is 7.05 Å².